The summed E-state index contributed by atoms with van der Waals surface area (Å²) in [6.45, 7) is 10.6. The van der Waals surface area contributed by atoms with Gasteiger partial charge in [0.05, 0.1) is 5.60 Å². The minimum atomic E-state index is -0.0602. The van der Waals surface area contributed by atoms with E-state index in [1.165, 1.54) is 18.4 Å². The Balaban J connectivity index is 2.07. The van der Waals surface area contributed by atoms with E-state index in [1.807, 2.05) is 0 Å². The maximum atomic E-state index is 6.09. The van der Waals surface area contributed by atoms with E-state index in [0.717, 1.165) is 19.6 Å². The average molecular weight is 275 g/mol. The van der Waals surface area contributed by atoms with Crippen LogP contribution in [0, 0.1) is 0 Å². The zero-order valence-corrected chi connectivity index (χ0v) is 13.4. The summed E-state index contributed by atoms with van der Waals surface area (Å²) in [5.74, 6) is 0.696. The van der Waals surface area contributed by atoms with Crippen LogP contribution in [-0.2, 0) is 11.2 Å². The van der Waals surface area contributed by atoms with Crippen molar-refractivity contribution in [2.75, 3.05) is 13.2 Å². The van der Waals surface area contributed by atoms with E-state index in [9.17, 15) is 0 Å². The Morgan fingerprint density at radius 1 is 1.30 bits per heavy atom. The van der Waals surface area contributed by atoms with E-state index in [2.05, 4.69) is 57.3 Å². The fraction of sp³-hybridized carbons (Fsp3) is 0.667. The molecule has 0 saturated heterocycles. The van der Waals surface area contributed by atoms with Crippen molar-refractivity contribution in [2.24, 2.45) is 0 Å². The summed E-state index contributed by atoms with van der Waals surface area (Å²) in [6.07, 6.45) is 3.45. The molecule has 20 heavy (non-hydrogen) atoms. The first kappa shape index (κ1) is 15.5. The molecule has 0 heterocycles. The molecule has 0 aliphatic heterocycles. The number of nitrogens with one attached hydrogen (secondary N) is 1. The Kier molecular flexibility index (Phi) is 5.22. The molecule has 0 fully saturated rings. The Hall–Kier alpha value is -0.860. The van der Waals surface area contributed by atoms with Crippen molar-refractivity contribution in [3.05, 3.63) is 35.4 Å². The molecule has 3 unspecified atom stereocenters. The van der Waals surface area contributed by atoms with Crippen LogP contribution in [0.15, 0.2) is 24.3 Å². The lowest BCUT2D eigenvalue weighted by molar-refractivity contribution is -0.0585. The van der Waals surface area contributed by atoms with Crippen molar-refractivity contribution in [1.82, 2.24) is 5.32 Å². The first-order chi connectivity index (χ1) is 9.64. The van der Waals surface area contributed by atoms with Crippen molar-refractivity contribution in [3.63, 3.8) is 0 Å². The van der Waals surface area contributed by atoms with Gasteiger partial charge in [0.15, 0.2) is 0 Å². The minimum Gasteiger partial charge on any atom is -0.374 e. The quantitative estimate of drug-likeness (QED) is 0.777. The molecule has 112 valence electrons. The molecule has 2 heteroatoms. The maximum Gasteiger partial charge on any atom is 0.0804 e. The van der Waals surface area contributed by atoms with Gasteiger partial charge in [-0.05, 0) is 56.7 Å². The third kappa shape index (κ3) is 3.07. The maximum absolute atomic E-state index is 6.09. The molecule has 2 rings (SSSR count). The highest BCUT2D eigenvalue weighted by atomic mass is 16.5. The van der Waals surface area contributed by atoms with Gasteiger partial charge in [-0.1, -0.05) is 38.1 Å². The third-order valence-electron chi connectivity index (χ3n) is 4.85. The van der Waals surface area contributed by atoms with Gasteiger partial charge in [-0.15, -0.1) is 0 Å². The second kappa shape index (κ2) is 6.73. The molecule has 0 amide bonds. The average Bonchev–Trinajstić information content (AvgIpc) is 2.43. The monoisotopic (exact) mass is 275 g/mol. The van der Waals surface area contributed by atoms with Crippen LogP contribution in [0.2, 0.25) is 0 Å². The molecule has 1 aliphatic rings. The van der Waals surface area contributed by atoms with Crippen LogP contribution in [-0.4, -0.2) is 24.8 Å². The highest BCUT2D eigenvalue weighted by molar-refractivity contribution is 5.40. The van der Waals surface area contributed by atoms with Crippen LogP contribution in [0.3, 0.4) is 0 Å². The van der Waals surface area contributed by atoms with E-state index < -0.39 is 0 Å². The molecule has 0 bridgehead atoms. The largest absolute Gasteiger partial charge is 0.374 e. The van der Waals surface area contributed by atoms with Gasteiger partial charge in [0, 0.05) is 12.6 Å². The number of hydrogen-bond acceptors (Lipinski definition) is 2. The van der Waals surface area contributed by atoms with Crippen LogP contribution >= 0.6 is 0 Å². The van der Waals surface area contributed by atoms with Gasteiger partial charge in [-0.25, -0.2) is 0 Å². The normalized spacial score (nSPS) is 21.7. The summed E-state index contributed by atoms with van der Waals surface area (Å²) in [4.78, 5) is 0. The molecule has 0 spiro atoms. The summed E-state index contributed by atoms with van der Waals surface area (Å²) in [5, 5.41) is 3.66. The van der Waals surface area contributed by atoms with Crippen LogP contribution in [0.1, 0.15) is 57.6 Å². The summed E-state index contributed by atoms with van der Waals surface area (Å²) in [6, 6.07) is 9.28. The summed E-state index contributed by atoms with van der Waals surface area (Å²) >= 11 is 0. The van der Waals surface area contributed by atoms with Crippen LogP contribution in [0.4, 0.5) is 0 Å². The third-order valence-corrected chi connectivity index (χ3v) is 4.85. The second-order valence-corrected chi connectivity index (χ2v) is 6.05. The molecule has 1 aromatic rings. The first-order valence-corrected chi connectivity index (χ1v) is 8.09. The molecule has 2 nitrogen and oxygen atoms in total. The summed E-state index contributed by atoms with van der Waals surface area (Å²) in [5.41, 5.74) is 3.02. The molecule has 1 N–H and O–H groups in total. The molecule has 0 aromatic heterocycles. The predicted octanol–water partition coefficient (Wildman–Crippen LogP) is 3.90. The van der Waals surface area contributed by atoms with E-state index in [4.69, 9.17) is 4.74 Å². The zero-order valence-electron chi connectivity index (χ0n) is 13.4. The van der Waals surface area contributed by atoms with Gasteiger partial charge in [-0.3, -0.25) is 0 Å². The van der Waals surface area contributed by atoms with Crippen molar-refractivity contribution in [2.45, 2.75) is 64.5 Å². The van der Waals surface area contributed by atoms with Crippen LogP contribution in [0.5, 0.6) is 0 Å². The number of hydrogen-bond donors (Lipinski definition) is 1. The summed E-state index contributed by atoms with van der Waals surface area (Å²) in [7, 11) is 0. The Labute approximate surface area is 123 Å². The Morgan fingerprint density at radius 2 is 2.05 bits per heavy atom. The number of likely N-dealkylation sites (N-methyl/N-ethyl adjacent to an activating group) is 1. The molecule has 3 atom stereocenters. The minimum absolute atomic E-state index is 0.0602. The molecule has 1 aromatic carbocycles. The zero-order chi connectivity index (χ0) is 14.6. The van der Waals surface area contributed by atoms with Crippen LogP contribution < -0.4 is 5.32 Å². The van der Waals surface area contributed by atoms with Gasteiger partial charge < -0.3 is 10.1 Å². The fourth-order valence-corrected chi connectivity index (χ4v) is 3.43. The highest BCUT2D eigenvalue weighted by Gasteiger charge is 2.37. The van der Waals surface area contributed by atoms with Gasteiger partial charge in [0.2, 0.25) is 0 Å². The van der Waals surface area contributed by atoms with Gasteiger partial charge in [-0.2, -0.15) is 0 Å². The molecule has 1 aliphatic carbocycles. The lowest BCUT2D eigenvalue weighted by Crippen LogP contribution is -2.51. The van der Waals surface area contributed by atoms with Crippen molar-refractivity contribution in [1.29, 1.82) is 0 Å². The van der Waals surface area contributed by atoms with Crippen molar-refractivity contribution < 1.29 is 4.74 Å². The molecular formula is C18H29NO. The Bertz CT molecular complexity index is 431. The van der Waals surface area contributed by atoms with Gasteiger partial charge >= 0.3 is 0 Å². The molecule has 0 radical (unpaired) electrons. The lowest BCUT2D eigenvalue weighted by atomic mass is 9.72. The smallest absolute Gasteiger partial charge is 0.0804 e. The van der Waals surface area contributed by atoms with Gasteiger partial charge in [0.1, 0.15) is 0 Å². The standard InChI is InChI=1S/C18H29NO/c1-5-18(4,20-7-3)17(19-6-2)13-15-12-14-10-8-9-11-16(14)15/h8-11,15,17,19H,5-7,12-13H2,1-4H3. The first-order valence-electron chi connectivity index (χ1n) is 8.09. The predicted molar refractivity (Wildman–Crippen MR) is 85.3 cm³/mol. The van der Waals surface area contributed by atoms with E-state index in [1.54, 1.807) is 5.56 Å². The van der Waals surface area contributed by atoms with E-state index in [0.29, 0.717) is 12.0 Å². The molecular weight excluding hydrogens is 246 g/mol. The number of benzene rings is 1. The van der Waals surface area contributed by atoms with E-state index in [-0.39, 0.29) is 5.60 Å². The lowest BCUT2D eigenvalue weighted by Gasteiger charge is -2.41. The summed E-state index contributed by atoms with van der Waals surface area (Å²) < 4.78 is 6.09. The fourth-order valence-electron chi connectivity index (χ4n) is 3.43. The van der Waals surface area contributed by atoms with Crippen molar-refractivity contribution in [3.8, 4) is 0 Å². The number of ether oxygens (including phenoxy) is 1. The second-order valence-electron chi connectivity index (χ2n) is 6.05. The van der Waals surface area contributed by atoms with Gasteiger partial charge in [0.25, 0.3) is 0 Å². The Morgan fingerprint density at radius 3 is 2.65 bits per heavy atom. The van der Waals surface area contributed by atoms with Crippen molar-refractivity contribution >= 4 is 0 Å². The SMILES string of the molecule is CCNC(CC1Cc2ccccc21)C(C)(CC)OCC. The topological polar surface area (TPSA) is 21.3 Å². The number of fused-ring (bicyclic) bond motifs is 1. The van der Waals surface area contributed by atoms with E-state index >= 15 is 0 Å². The molecule has 0 saturated carbocycles. The van der Waals surface area contributed by atoms with Crippen LogP contribution in [0.25, 0.3) is 0 Å². The highest BCUT2D eigenvalue weighted by Crippen LogP contribution is 2.40. The number of rotatable bonds is 8.